The highest BCUT2D eigenvalue weighted by molar-refractivity contribution is 5.83. The summed E-state index contributed by atoms with van der Waals surface area (Å²) < 4.78 is 0. The molecule has 2 fully saturated rings. The van der Waals surface area contributed by atoms with Crippen LogP contribution in [0.5, 0.6) is 0 Å². The number of hydrogen-bond donors (Lipinski definition) is 2. The van der Waals surface area contributed by atoms with Gasteiger partial charge >= 0.3 is 0 Å². The molecule has 1 amide bonds. The maximum absolute atomic E-state index is 12.8. The monoisotopic (exact) mass is 318 g/mol. The molecule has 2 aliphatic rings. The van der Waals surface area contributed by atoms with E-state index in [0.717, 1.165) is 19.5 Å². The fraction of sp³-hybridized carbons (Fsp3) is 0.611. The molecule has 0 saturated carbocycles. The molecule has 126 valence electrons. The lowest BCUT2D eigenvalue weighted by Crippen LogP contribution is -2.66. The summed E-state index contributed by atoms with van der Waals surface area (Å²) in [6.07, 6.45) is 1.26. The van der Waals surface area contributed by atoms with Crippen molar-refractivity contribution < 1.29 is 15.0 Å². The number of carbonyl (C=O) groups is 1. The Labute approximate surface area is 137 Å². The van der Waals surface area contributed by atoms with E-state index in [9.17, 15) is 15.0 Å². The molecule has 0 radical (unpaired) electrons. The molecule has 5 nitrogen and oxygen atoms in total. The predicted molar refractivity (Wildman–Crippen MR) is 87.7 cm³/mol. The molecule has 0 spiro atoms. The Morgan fingerprint density at radius 2 is 1.87 bits per heavy atom. The highest BCUT2D eigenvalue weighted by Gasteiger charge is 2.49. The van der Waals surface area contributed by atoms with Gasteiger partial charge in [0.2, 0.25) is 5.91 Å². The lowest BCUT2D eigenvalue weighted by Gasteiger charge is -2.49. The standard InChI is InChI=1S/C18H26N2O3/c1-17(22)9-11-20(13-18(17,2)23)16(21)15-8-10-19(15)12-14-6-4-3-5-7-14/h3-7,15,22-23H,8-13H2,1-2H3/t15?,17-,18+/m1/s1. The topological polar surface area (TPSA) is 64.0 Å². The Balaban J connectivity index is 1.62. The minimum absolute atomic E-state index is 0.0722. The average molecular weight is 318 g/mol. The first-order valence-electron chi connectivity index (χ1n) is 8.32. The highest BCUT2D eigenvalue weighted by atomic mass is 16.4. The van der Waals surface area contributed by atoms with Gasteiger partial charge in [0.15, 0.2) is 0 Å². The average Bonchev–Trinajstić information content (AvgIpc) is 2.47. The summed E-state index contributed by atoms with van der Waals surface area (Å²) in [6.45, 7) is 5.63. The summed E-state index contributed by atoms with van der Waals surface area (Å²) >= 11 is 0. The molecule has 3 atom stereocenters. The van der Waals surface area contributed by atoms with Crippen molar-refractivity contribution >= 4 is 5.91 Å². The van der Waals surface area contributed by atoms with E-state index >= 15 is 0 Å². The summed E-state index contributed by atoms with van der Waals surface area (Å²) in [5, 5.41) is 20.7. The van der Waals surface area contributed by atoms with E-state index < -0.39 is 11.2 Å². The Bertz CT molecular complexity index is 571. The Morgan fingerprint density at radius 3 is 2.43 bits per heavy atom. The van der Waals surface area contributed by atoms with Gasteiger partial charge in [0, 0.05) is 19.6 Å². The van der Waals surface area contributed by atoms with E-state index in [1.165, 1.54) is 5.56 Å². The molecule has 1 aromatic carbocycles. The van der Waals surface area contributed by atoms with E-state index in [0.29, 0.717) is 13.0 Å². The quantitative estimate of drug-likeness (QED) is 0.872. The summed E-state index contributed by atoms with van der Waals surface area (Å²) in [5.74, 6) is 0.0722. The Morgan fingerprint density at radius 1 is 1.17 bits per heavy atom. The maximum atomic E-state index is 12.8. The number of aliphatic hydroxyl groups is 2. The van der Waals surface area contributed by atoms with Crippen LogP contribution in [0.25, 0.3) is 0 Å². The predicted octanol–water partition coefficient (Wildman–Crippen LogP) is 0.995. The number of benzene rings is 1. The summed E-state index contributed by atoms with van der Waals surface area (Å²) in [6, 6.07) is 10.1. The number of β-amino-alcohol motifs (C(OH)–C–C–N with tert-alkyl or cyclic N) is 1. The van der Waals surface area contributed by atoms with Crippen LogP contribution >= 0.6 is 0 Å². The number of piperidine rings is 1. The van der Waals surface area contributed by atoms with Crippen LogP contribution < -0.4 is 0 Å². The second-order valence-corrected chi connectivity index (χ2v) is 7.32. The molecule has 2 aliphatic heterocycles. The number of rotatable bonds is 3. The van der Waals surface area contributed by atoms with Crippen LogP contribution in [0.4, 0.5) is 0 Å². The SMILES string of the molecule is C[C@]1(O)CN(C(=O)C2CCN2Cc2ccccc2)CC[C@@]1(C)O. The van der Waals surface area contributed by atoms with Crippen LogP contribution in [0.3, 0.4) is 0 Å². The minimum Gasteiger partial charge on any atom is -0.387 e. The smallest absolute Gasteiger partial charge is 0.240 e. The second-order valence-electron chi connectivity index (χ2n) is 7.32. The first-order valence-corrected chi connectivity index (χ1v) is 8.32. The largest absolute Gasteiger partial charge is 0.387 e. The minimum atomic E-state index is -1.27. The second kappa shape index (κ2) is 5.89. The molecule has 2 heterocycles. The Hall–Kier alpha value is -1.43. The van der Waals surface area contributed by atoms with Crippen molar-refractivity contribution in [2.45, 2.75) is 50.5 Å². The summed E-state index contributed by atoms with van der Waals surface area (Å²) in [4.78, 5) is 16.7. The normalized spacial score (nSPS) is 35.0. The van der Waals surface area contributed by atoms with Crippen LogP contribution in [0.15, 0.2) is 30.3 Å². The molecule has 0 bridgehead atoms. The zero-order valence-corrected chi connectivity index (χ0v) is 13.9. The molecule has 5 heteroatoms. The van der Waals surface area contributed by atoms with E-state index in [1.807, 2.05) is 18.2 Å². The van der Waals surface area contributed by atoms with Gasteiger partial charge in [0.05, 0.1) is 18.2 Å². The molecule has 0 aliphatic carbocycles. The molecule has 2 saturated heterocycles. The van der Waals surface area contributed by atoms with Crippen LogP contribution in [0.1, 0.15) is 32.3 Å². The van der Waals surface area contributed by atoms with Crippen molar-refractivity contribution in [2.75, 3.05) is 19.6 Å². The fourth-order valence-corrected chi connectivity index (χ4v) is 3.37. The first-order chi connectivity index (χ1) is 10.8. The van der Waals surface area contributed by atoms with Crippen LogP contribution in [-0.2, 0) is 11.3 Å². The lowest BCUT2D eigenvalue weighted by molar-refractivity contribution is -0.182. The van der Waals surface area contributed by atoms with Gasteiger partial charge in [-0.2, -0.15) is 0 Å². The number of likely N-dealkylation sites (tertiary alicyclic amines) is 2. The van der Waals surface area contributed by atoms with Gasteiger partial charge in [-0.3, -0.25) is 9.69 Å². The van der Waals surface area contributed by atoms with Gasteiger partial charge in [0.25, 0.3) is 0 Å². The van der Waals surface area contributed by atoms with Gasteiger partial charge in [0.1, 0.15) is 5.60 Å². The van der Waals surface area contributed by atoms with Crippen molar-refractivity contribution in [2.24, 2.45) is 0 Å². The lowest BCUT2D eigenvalue weighted by atomic mass is 9.79. The molecule has 2 N–H and O–H groups in total. The highest BCUT2D eigenvalue weighted by Crippen LogP contribution is 2.32. The van der Waals surface area contributed by atoms with Crippen LogP contribution in [0.2, 0.25) is 0 Å². The van der Waals surface area contributed by atoms with Crippen molar-refractivity contribution in [3.05, 3.63) is 35.9 Å². The number of carbonyl (C=O) groups excluding carboxylic acids is 1. The first kappa shape index (κ1) is 16.4. The third-order valence-corrected chi connectivity index (χ3v) is 5.48. The van der Waals surface area contributed by atoms with E-state index in [1.54, 1.807) is 18.7 Å². The molecule has 3 rings (SSSR count). The van der Waals surface area contributed by atoms with Gasteiger partial charge in [-0.25, -0.2) is 0 Å². The summed E-state index contributed by atoms with van der Waals surface area (Å²) in [7, 11) is 0. The van der Waals surface area contributed by atoms with Crippen LogP contribution in [0, 0.1) is 0 Å². The molecule has 23 heavy (non-hydrogen) atoms. The van der Waals surface area contributed by atoms with Gasteiger partial charge in [-0.05, 0) is 32.3 Å². The number of amides is 1. The van der Waals surface area contributed by atoms with Gasteiger partial charge in [-0.1, -0.05) is 30.3 Å². The third kappa shape index (κ3) is 3.13. The maximum Gasteiger partial charge on any atom is 0.240 e. The molecule has 1 aromatic rings. The fourth-order valence-electron chi connectivity index (χ4n) is 3.37. The number of hydrogen-bond acceptors (Lipinski definition) is 4. The molecular weight excluding hydrogens is 292 g/mol. The zero-order valence-electron chi connectivity index (χ0n) is 13.9. The van der Waals surface area contributed by atoms with E-state index in [2.05, 4.69) is 17.0 Å². The van der Waals surface area contributed by atoms with E-state index in [4.69, 9.17) is 0 Å². The van der Waals surface area contributed by atoms with Crippen molar-refractivity contribution in [1.82, 2.24) is 9.80 Å². The number of nitrogens with zero attached hydrogens (tertiary/aromatic N) is 2. The van der Waals surface area contributed by atoms with Crippen molar-refractivity contribution in [3.8, 4) is 0 Å². The molecule has 1 unspecified atom stereocenters. The molecular formula is C18H26N2O3. The van der Waals surface area contributed by atoms with Crippen molar-refractivity contribution in [1.29, 1.82) is 0 Å². The zero-order chi connectivity index (χ0) is 16.7. The third-order valence-electron chi connectivity index (χ3n) is 5.48. The molecule has 0 aromatic heterocycles. The van der Waals surface area contributed by atoms with Crippen LogP contribution in [-0.4, -0.2) is 62.8 Å². The van der Waals surface area contributed by atoms with Gasteiger partial charge in [-0.15, -0.1) is 0 Å². The van der Waals surface area contributed by atoms with E-state index in [-0.39, 0.29) is 18.5 Å². The Kier molecular flexibility index (Phi) is 4.21. The van der Waals surface area contributed by atoms with Gasteiger partial charge < -0.3 is 15.1 Å². The summed E-state index contributed by atoms with van der Waals surface area (Å²) in [5.41, 5.74) is -1.21. The van der Waals surface area contributed by atoms with Crippen molar-refractivity contribution in [3.63, 3.8) is 0 Å².